The molecule has 0 unspecified atom stereocenters. The molecule has 1 aromatic heterocycles. The number of rotatable bonds is 6. The van der Waals surface area contributed by atoms with Gasteiger partial charge in [0.2, 0.25) is 0 Å². The van der Waals surface area contributed by atoms with Crippen molar-refractivity contribution in [2.24, 2.45) is 7.05 Å². The molecule has 0 atom stereocenters. The molecule has 0 saturated heterocycles. The van der Waals surface area contributed by atoms with E-state index in [1.807, 2.05) is 19.4 Å². The van der Waals surface area contributed by atoms with Crippen molar-refractivity contribution in [3.63, 3.8) is 0 Å². The van der Waals surface area contributed by atoms with Crippen LogP contribution in [0, 0.1) is 0 Å². The monoisotopic (exact) mass is 223 g/mol. The van der Waals surface area contributed by atoms with E-state index in [2.05, 4.69) is 10.4 Å². The van der Waals surface area contributed by atoms with Crippen LogP contribution in [0.25, 0.3) is 0 Å². The Bertz CT molecular complexity index is 382. The summed E-state index contributed by atoms with van der Waals surface area (Å²) in [4.78, 5) is 10.4. The van der Waals surface area contributed by atoms with E-state index in [1.165, 1.54) is 11.6 Å². The van der Waals surface area contributed by atoms with Crippen molar-refractivity contribution in [2.45, 2.75) is 13.3 Å². The largest absolute Gasteiger partial charge is 0.478 e. The van der Waals surface area contributed by atoms with Crippen LogP contribution in [0.5, 0.6) is 0 Å². The lowest BCUT2D eigenvalue weighted by molar-refractivity contribution is -0.131. The van der Waals surface area contributed by atoms with Crippen LogP contribution in [0.4, 0.5) is 0 Å². The van der Waals surface area contributed by atoms with Crippen molar-refractivity contribution in [3.05, 3.63) is 29.6 Å². The third-order valence-corrected chi connectivity index (χ3v) is 2.12. The Kier molecular flexibility index (Phi) is 4.72. The molecule has 0 saturated carbocycles. The van der Waals surface area contributed by atoms with Crippen LogP contribution < -0.4 is 5.32 Å². The summed E-state index contributed by atoms with van der Waals surface area (Å²) in [5.74, 6) is -0.897. The summed E-state index contributed by atoms with van der Waals surface area (Å²) >= 11 is 0. The maximum atomic E-state index is 10.4. The van der Waals surface area contributed by atoms with Gasteiger partial charge in [0.25, 0.3) is 0 Å². The third kappa shape index (κ3) is 4.75. The highest BCUT2D eigenvalue weighted by atomic mass is 16.4. The highest BCUT2D eigenvalue weighted by molar-refractivity contribution is 5.80. The number of hydrogen-bond donors (Lipinski definition) is 2. The van der Waals surface area contributed by atoms with Crippen LogP contribution >= 0.6 is 0 Å². The van der Waals surface area contributed by atoms with Gasteiger partial charge in [-0.1, -0.05) is 5.57 Å². The zero-order valence-corrected chi connectivity index (χ0v) is 9.60. The summed E-state index contributed by atoms with van der Waals surface area (Å²) in [6, 6.07) is 0. The summed E-state index contributed by atoms with van der Waals surface area (Å²) in [6.07, 6.45) is 5.93. The second-order valence-electron chi connectivity index (χ2n) is 3.78. The van der Waals surface area contributed by atoms with Gasteiger partial charge >= 0.3 is 5.97 Å². The number of aliphatic carboxylic acids is 1. The number of carbonyl (C=O) groups is 1. The van der Waals surface area contributed by atoms with Crippen molar-refractivity contribution < 1.29 is 9.90 Å². The van der Waals surface area contributed by atoms with Crippen molar-refractivity contribution in [2.75, 3.05) is 13.1 Å². The van der Waals surface area contributed by atoms with E-state index in [4.69, 9.17) is 5.11 Å². The molecule has 1 aromatic rings. The first-order valence-electron chi connectivity index (χ1n) is 5.16. The highest BCUT2D eigenvalue weighted by Gasteiger charge is 1.97. The molecule has 0 aromatic carbocycles. The fourth-order valence-electron chi connectivity index (χ4n) is 1.38. The molecule has 0 spiro atoms. The van der Waals surface area contributed by atoms with Gasteiger partial charge in [-0.2, -0.15) is 5.10 Å². The zero-order chi connectivity index (χ0) is 12.0. The number of aromatic nitrogens is 2. The maximum Gasteiger partial charge on any atom is 0.328 e. The van der Waals surface area contributed by atoms with Gasteiger partial charge in [-0.25, -0.2) is 4.79 Å². The average molecular weight is 223 g/mol. The summed E-state index contributed by atoms with van der Waals surface area (Å²) < 4.78 is 1.77. The fraction of sp³-hybridized carbons (Fsp3) is 0.455. The normalized spacial score (nSPS) is 11.8. The quantitative estimate of drug-likeness (QED) is 0.547. The predicted molar refractivity (Wildman–Crippen MR) is 61.2 cm³/mol. The van der Waals surface area contributed by atoms with Crippen molar-refractivity contribution in [1.29, 1.82) is 0 Å². The number of carboxylic acid groups (broad SMARTS) is 1. The highest BCUT2D eigenvalue weighted by Crippen LogP contribution is 1.96. The van der Waals surface area contributed by atoms with Crippen molar-refractivity contribution in [3.8, 4) is 0 Å². The Hall–Kier alpha value is -1.62. The molecule has 16 heavy (non-hydrogen) atoms. The van der Waals surface area contributed by atoms with Gasteiger partial charge in [-0.15, -0.1) is 0 Å². The molecular formula is C11H17N3O2. The lowest BCUT2D eigenvalue weighted by Crippen LogP contribution is -2.19. The van der Waals surface area contributed by atoms with Crippen molar-refractivity contribution in [1.82, 2.24) is 15.1 Å². The van der Waals surface area contributed by atoms with Crippen LogP contribution in [0.3, 0.4) is 0 Å². The third-order valence-electron chi connectivity index (χ3n) is 2.12. The van der Waals surface area contributed by atoms with E-state index < -0.39 is 5.97 Å². The van der Waals surface area contributed by atoms with Gasteiger partial charge in [-0.05, 0) is 25.5 Å². The van der Waals surface area contributed by atoms with Gasteiger partial charge in [0.15, 0.2) is 0 Å². The first-order chi connectivity index (χ1) is 7.58. The van der Waals surface area contributed by atoms with Crippen LogP contribution in [0.2, 0.25) is 0 Å². The molecule has 0 aliphatic carbocycles. The number of hydrogen-bond acceptors (Lipinski definition) is 3. The van der Waals surface area contributed by atoms with Gasteiger partial charge in [0, 0.05) is 25.9 Å². The minimum atomic E-state index is -0.897. The fourth-order valence-corrected chi connectivity index (χ4v) is 1.38. The number of aryl methyl sites for hydroxylation is 1. The summed E-state index contributed by atoms with van der Waals surface area (Å²) in [7, 11) is 1.89. The Morgan fingerprint density at radius 1 is 1.69 bits per heavy atom. The summed E-state index contributed by atoms with van der Waals surface area (Å²) in [5.41, 5.74) is 1.99. The number of nitrogens with one attached hydrogen (secondary N) is 1. The molecule has 0 amide bonds. The molecule has 5 heteroatoms. The molecule has 0 aliphatic heterocycles. The van der Waals surface area contributed by atoms with E-state index in [-0.39, 0.29) is 0 Å². The number of nitrogens with zero attached hydrogens (tertiary/aromatic N) is 2. The second-order valence-corrected chi connectivity index (χ2v) is 3.78. The maximum absolute atomic E-state index is 10.4. The first-order valence-corrected chi connectivity index (χ1v) is 5.16. The summed E-state index contributed by atoms with van der Waals surface area (Å²) in [5, 5.41) is 15.8. The van der Waals surface area contributed by atoms with E-state index in [0.29, 0.717) is 6.54 Å². The van der Waals surface area contributed by atoms with Gasteiger partial charge < -0.3 is 10.4 Å². The molecule has 1 rings (SSSR count). The topological polar surface area (TPSA) is 67.2 Å². The predicted octanol–water partition coefficient (Wildman–Crippen LogP) is 0.583. The lowest BCUT2D eigenvalue weighted by Gasteiger charge is -2.02. The molecule has 0 radical (unpaired) electrons. The van der Waals surface area contributed by atoms with Crippen LogP contribution in [0.15, 0.2) is 24.0 Å². The average Bonchev–Trinajstić information content (AvgIpc) is 2.58. The lowest BCUT2D eigenvalue weighted by atomic mass is 10.2. The van der Waals surface area contributed by atoms with Crippen LogP contribution in [-0.2, 0) is 18.3 Å². The minimum Gasteiger partial charge on any atom is -0.478 e. The SMILES string of the molecule is CC(=CC(=O)O)CNCCc1cnn(C)c1. The smallest absolute Gasteiger partial charge is 0.328 e. The molecule has 0 fully saturated rings. The van der Waals surface area contributed by atoms with E-state index in [0.717, 1.165) is 18.5 Å². The van der Waals surface area contributed by atoms with Gasteiger partial charge in [0.1, 0.15) is 0 Å². The standard InChI is InChI=1S/C11H17N3O2/c1-9(5-11(15)16)6-12-4-3-10-7-13-14(2)8-10/h5,7-8,12H,3-4,6H2,1-2H3,(H,15,16). The van der Waals surface area contributed by atoms with E-state index in [9.17, 15) is 4.79 Å². The molecule has 0 aliphatic rings. The summed E-state index contributed by atoms with van der Waals surface area (Å²) in [6.45, 7) is 3.22. The molecule has 0 bridgehead atoms. The van der Waals surface area contributed by atoms with Gasteiger partial charge in [0.05, 0.1) is 6.20 Å². The molecule has 1 heterocycles. The first kappa shape index (κ1) is 12.4. The second kappa shape index (κ2) is 6.07. The molecule has 5 nitrogen and oxygen atoms in total. The Morgan fingerprint density at radius 3 is 3.00 bits per heavy atom. The van der Waals surface area contributed by atoms with Crippen molar-refractivity contribution >= 4 is 5.97 Å². The van der Waals surface area contributed by atoms with Crippen LogP contribution in [-0.4, -0.2) is 33.9 Å². The molecule has 88 valence electrons. The Balaban J connectivity index is 2.19. The Morgan fingerprint density at radius 2 is 2.44 bits per heavy atom. The number of carboxylic acids is 1. The zero-order valence-electron chi connectivity index (χ0n) is 9.60. The van der Waals surface area contributed by atoms with Gasteiger partial charge in [-0.3, -0.25) is 4.68 Å². The minimum absolute atomic E-state index is 0.604. The molecule has 2 N–H and O–H groups in total. The Labute approximate surface area is 94.8 Å². The molecular weight excluding hydrogens is 206 g/mol. The van der Waals surface area contributed by atoms with E-state index >= 15 is 0 Å². The van der Waals surface area contributed by atoms with E-state index in [1.54, 1.807) is 11.6 Å². The van der Waals surface area contributed by atoms with Crippen LogP contribution in [0.1, 0.15) is 12.5 Å².